The number of nitrogens with zero attached hydrogens (tertiary/aromatic N) is 2. The molecule has 8 heteroatoms. The standard InChI is InChI=1S/C20H23FN4O3/c1-24-10-3-6-16(24)13-22-18(26)8-7-17-19(27)25(20(28)23-17)11-9-14-4-2-5-15(21)12-14/h2-6,10,12,17H,7-9,11,13H2,1H3,(H,22,26)(H,23,28)/t17-/m1/s1. The van der Waals surface area contributed by atoms with Crippen LogP contribution in [0.5, 0.6) is 0 Å². The Bertz CT molecular complexity index is 880. The molecule has 2 N–H and O–H groups in total. The lowest BCUT2D eigenvalue weighted by atomic mass is 10.1. The third-order valence-corrected chi connectivity index (χ3v) is 4.80. The highest BCUT2D eigenvalue weighted by Gasteiger charge is 2.37. The molecule has 0 radical (unpaired) electrons. The molecule has 28 heavy (non-hydrogen) atoms. The minimum Gasteiger partial charge on any atom is -0.353 e. The molecule has 1 aliphatic rings. The van der Waals surface area contributed by atoms with Crippen LogP contribution in [-0.4, -0.2) is 39.9 Å². The molecular formula is C20H23FN4O3. The maximum Gasteiger partial charge on any atom is 0.324 e. The summed E-state index contributed by atoms with van der Waals surface area (Å²) < 4.78 is 15.1. The Labute approximate surface area is 162 Å². The summed E-state index contributed by atoms with van der Waals surface area (Å²) in [6.07, 6.45) is 2.65. The van der Waals surface area contributed by atoms with Gasteiger partial charge in [0.2, 0.25) is 5.91 Å². The van der Waals surface area contributed by atoms with E-state index in [9.17, 15) is 18.8 Å². The molecule has 148 valence electrons. The number of aromatic nitrogens is 1. The van der Waals surface area contributed by atoms with Gasteiger partial charge in [-0.15, -0.1) is 0 Å². The number of aryl methyl sites for hydroxylation is 1. The molecule has 1 atom stereocenters. The first-order valence-electron chi connectivity index (χ1n) is 9.17. The molecule has 0 spiro atoms. The predicted octanol–water partition coefficient (Wildman–Crippen LogP) is 1.72. The summed E-state index contributed by atoms with van der Waals surface area (Å²) in [7, 11) is 1.90. The van der Waals surface area contributed by atoms with Crippen molar-refractivity contribution >= 4 is 17.8 Å². The molecule has 0 unspecified atom stereocenters. The Balaban J connectivity index is 1.45. The molecule has 2 aromatic rings. The van der Waals surface area contributed by atoms with E-state index in [0.717, 1.165) is 10.6 Å². The van der Waals surface area contributed by atoms with Gasteiger partial charge in [-0.05, 0) is 42.7 Å². The van der Waals surface area contributed by atoms with E-state index in [0.29, 0.717) is 18.5 Å². The van der Waals surface area contributed by atoms with Crippen molar-refractivity contribution in [1.29, 1.82) is 0 Å². The predicted molar refractivity (Wildman–Crippen MR) is 101 cm³/mol. The van der Waals surface area contributed by atoms with Crippen molar-refractivity contribution in [2.45, 2.75) is 31.8 Å². The van der Waals surface area contributed by atoms with Crippen molar-refractivity contribution in [2.24, 2.45) is 7.05 Å². The Kier molecular flexibility index (Phi) is 6.08. The summed E-state index contributed by atoms with van der Waals surface area (Å²) in [5.74, 6) is -0.882. The number of rotatable bonds is 8. The van der Waals surface area contributed by atoms with Gasteiger partial charge in [-0.3, -0.25) is 14.5 Å². The molecule has 7 nitrogen and oxygen atoms in total. The van der Waals surface area contributed by atoms with Crippen LogP contribution in [0.25, 0.3) is 0 Å². The van der Waals surface area contributed by atoms with E-state index < -0.39 is 12.1 Å². The molecule has 1 fully saturated rings. The average Bonchev–Trinajstić information content (AvgIpc) is 3.19. The normalized spacial score (nSPS) is 16.4. The largest absolute Gasteiger partial charge is 0.353 e. The quantitative estimate of drug-likeness (QED) is 0.678. The lowest BCUT2D eigenvalue weighted by molar-refractivity contribution is -0.127. The second kappa shape index (κ2) is 8.69. The summed E-state index contributed by atoms with van der Waals surface area (Å²) in [5, 5.41) is 5.42. The third kappa shape index (κ3) is 4.76. The van der Waals surface area contributed by atoms with Gasteiger partial charge in [0.1, 0.15) is 11.9 Å². The molecule has 3 rings (SSSR count). The first kappa shape index (κ1) is 19.6. The van der Waals surface area contributed by atoms with Gasteiger partial charge in [0.05, 0.1) is 6.54 Å². The van der Waals surface area contributed by atoms with Crippen LogP contribution in [0, 0.1) is 5.82 Å². The Morgan fingerprint density at radius 1 is 1.25 bits per heavy atom. The van der Waals surface area contributed by atoms with E-state index >= 15 is 0 Å². The van der Waals surface area contributed by atoms with Crippen molar-refractivity contribution in [3.63, 3.8) is 0 Å². The SMILES string of the molecule is Cn1cccc1CNC(=O)CC[C@H]1NC(=O)N(CCc2cccc(F)c2)C1=O. The van der Waals surface area contributed by atoms with E-state index in [1.807, 2.05) is 29.9 Å². The van der Waals surface area contributed by atoms with Crippen LogP contribution in [0.2, 0.25) is 0 Å². The van der Waals surface area contributed by atoms with Gasteiger partial charge < -0.3 is 15.2 Å². The van der Waals surface area contributed by atoms with Gasteiger partial charge in [0.25, 0.3) is 5.91 Å². The third-order valence-electron chi connectivity index (χ3n) is 4.80. The molecule has 0 bridgehead atoms. The van der Waals surface area contributed by atoms with Crippen LogP contribution < -0.4 is 10.6 Å². The van der Waals surface area contributed by atoms with Crippen LogP contribution in [-0.2, 0) is 29.6 Å². The highest BCUT2D eigenvalue weighted by atomic mass is 19.1. The smallest absolute Gasteiger partial charge is 0.324 e. The number of benzene rings is 1. The van der Waals surface area contributed by atoms with E-state index in [1.54, 1.807) is 12.1 Å². The molecule has 0 aliphatic carbocycles. The zero-order chi connectivity index (χ0) is 20.1. The van der Waals surface area contributed by atoms with Gasteiger partial charge in [0.15, 0.2) is 0 Å². The van der Waals surface area contributed by atoms with Crippen LogP contribution >= 0.6 is 0 Å². The van der Waals surface area contributed by atoms with Crippen molar-refractivity contribution in [3.8, 4) is 0 Å². The lowest BCUT2D eigenvalue weighted by Crippen LogP contribution is -2.34. The molecule has 1 aliphatic heterocycles. The molecule has 4 amide bonds. The van der Waals surface area contributed by atoms with Crippen LogP contribution in [0.15, 0.2) is 42.6 Å². The average molecular weight is 386 g/mol. The Hall–Kier alpha value is -3.16. The lowest BCUT2D eigenvalue weighted by Gasteiger charge is -2.13. The topological polar surface area (TPSA) is 83.4 Å². The summed E-state index contributed by atoms with van der Waals surface area (Å²) >= 11 is 0. The molecular weight excluding hydrogens is 363 g/mol. The van der Waals surface area contributed by atoms with Gasteiger partial charge in [-0.25, -0.2) is 9.18 Å². The fourth-order valence-corrected chi connectivity index (χ4v) is 3.15. The highest BCUT2D eigenvalue weighted by molar-refractivity contribution is 6.04. The molecule has 1 aromatic carbocycles. The zero-order valence-electron chi connectivity index (χ0n) is 15.7. The molecule has 1 saturated heterocycles. The number of carbonyl (C=O) groups is 3. The Morgan fingerprint density at radius 3 is 2.79 bits per heavy atom. The molecule has 0 saturated carbocycles. The number of imide groups is 1. The number of carbonyl (C=O) groups excluding carboxylic acids is 3. The number of hydrogen-bond donors (Lipinski definition) is 2. The maximum atomic E-state index is 13.2. The first-order valence-corrected chi connectivity index (χ1v) is 9.17. The Morgan fingerprint density at radius 2 is 2.07 bits per heavy atom. The molecule has 2 heterocycles. The number of halogens is 1. The van der Waals surface area contributed by atoms with Crippen molar-refractivity contribution < 1.29 is 18.8 Å². The van der Waals surface area contributed by atoms with Crippen molar-refractivity contribution in [1.82, 2.24) is 20.1 Å². The van der Waals surface area contributed by atoms with Gasteiger partial charge in [-0.2, -0.15) is 0 Å². The second-order valence-electron chi connectivity index (χ2n) is 6.80. The van der Waals surface area contributed by atoms with Crippen molar-refractivity contribution in [2.75, 3.05) is 6.54 Å². The van der Waals surface area contributed by atoms with E-state index in [-0.39, 0.29) is 37.0 Å². The van der Waals surface area contributed by atoms with Crippen molar-refractivity contribution in [3.05, 3.63) is 59.7 Å². The van der Waals surface area contributed by atoms with Gasteiger partial charge >= 0.3 is 6.03 Å². The van der Waals surface area contributed by atoms with E-state index in [2.05, 4.69) is 10.6 Å². The van der Waals surface area contributed by atoms with E-state index in [1.165, 1.54) is 12.1 Å². The minimum absolute atomic E-state index is 0.138. The number of urea groups is 1. The zero-order valence-corrected chi connectivity index (χ0v) is 15.7. The van der Waals surface area contributed by atoms with Gasteiger partial charge in [-0.1, -0.05) is 12.1 Å². The number of hydrogen-bond acceptors (Lipinski definition) is 3. The summed E-state index contributed by atoms with van der Waals surface area (Å²) in [6, 6.07) is 8.69. The van der Waals surface area contributed by atoms with Crippen LogP contribution in [0.3, 0.4) is 0 Å². The van der Waals surface area contributed by atoms with Gasteiger partial charge in [0, 0.05) is 31.9 Å². The number of nitrogens with one attached hydrogen (secondary N) is 2. The second-order valence-corrected chi connectivity index (χ2v) is 6.80. The maximum absolute atomic E-state index is 13.2. The summed E-state index contributed by atoms with van der Waals surface area (Å²) in [6.45, 7) is 0.581. The first-order chi connectivity index (χ1) is 13.4. The van der Waals surface area contributed by atoms with E-state index in [4.69, 9.17) is 0 Å². The number of amides is 4. The fourth-order valence-electron chi connectivity index (χ4n) is 3.15. The highest BCUT2D eigenvalue weighted by Crippen LogP contribution is 2.13. The summed E-state index contributed by atoms with van der Waals surface area (Å²) in [5.41, 5.74) is 1.69. The van der Waals surface area contributed by atoms with Crippen LogP contribution in [0.1, 0.15) is 24.1 Å². The minimum atomic E-state index is -0.708. The molecule has 1 aromatic heterocycles. The van der Waals surface area contributed by atoms with Crippen LogP contribution in [0.4, 0.5) is 9.18 Å². The monoisotopic (exact) mass is 386 g/mol. The summed E-state index contributed by atoms with van der Waals surface area (Å²) in [4.78, 5) is 37.7. The fraction of sp³-hybridized carbons (Fsp3) is 0.350.